The van der Waals surface area contributed by atoms with Gasteiger partial charge < -0.3 is 19.9 Å². The highest BCUT2D eigenvalue weighted by molar-refractivity contribution is 5.97. The van der Waals surface area contributed by atoms with Crippen molar-refractivity contribution in [1.29, 1.82) is 0 Å². The minimum absolute atomic E-state index is 0.0950. The van der Waals surface area contributed by atoms with Crippen LogP contribution in [0.1, 0.15) is 28.3 Å². The van der Waals surface area contributed by atoms with E-state index in [0.717, 1.165) is 23.5 Å². The molecule has 6 heteroatoms. The van der Waals surface area contributed by atoms with Gasteiger partial charge in [0, 0.05) is 11.6 Å². The summed E-state index contributed by atoms with van der Waals surface area (Å²) in [5.74, 6) is 0.389. The Morgan fingerprint density at radius 1 is 1.04 bits per heavy atom. The number of nitrogens with one attached hydrogen (secondary N) is 1. The Labute approximate surface area is 144 Å². The van der Waals surface area contributed by atoms with Crippen molar-refractivity contribution in [2.24, 2.45) is 5.92 Å². The molecule has 2 aliphatic rings. The topological polar surface area (TPSA) is 84.9 Å². The zero-order chi connectivity index (χ0) is 17.4. The van der Waals surface area contributed by atoms with Crippen LogP contribution in [0.15, 0.2) is 42.5 Å². The monoisotopic (exact) mass is 339 g/mol. The molecule has 0 spiro atoms. The van der Waals surface area contributed by atoms with Gasteiger partial charge in [-0.3, -0.25) is 4.79 Å². The number of anilines is 1. The summed E-state index contributed by atoms with van der Waals surface area (Å²) < 4.78 is 11.1. The maximum absolute atomic E-state index is 12.4. The lowest BCUT2D eigenvalue weighted by molar-refractivity contribution is -0.117. The molecule has 2 atom stereocenters. The van der Waals surface area contributed by atoms with Gasteiger partial charge in [0.05, 0.1) is 5.56 Å². The lowest BCUT2D eigenvalue weighted by atomic mass is 10.1. The average molecular weight is 339 g/mol. The van der Waals surface area contributed by atoms with Crippen LogP contribution in [-0.2, 0) is 4.79 Å². The van der Waals surface area contributed by atoms with Gasteiger partial charge in [-0.1, -0.05) is 12.1 Å². The molecule has 2 N–H and O–H groups in total. The number of rotatable bonds is 4. The number of amides is 1. The predicted molar refractivity (Wildman–Crippen MR) is 90.3 cm³/mol. The number of hydrogen-bond donors (Lipinski definition) is 2. The molecule has 1 aliphatic carbocycles. The van der Waals surface area contributed by atoms with Crippen LogP contribution in [0.5, 0.6) is 11.5 Å². The molecule has 0 bridgehead atoms. The first-order valence-corrected chi connectivity index (χ1v) is 8.15. The van der Waals surface area contributed by atoms with Crippen LogP contribution in [0, 0.1) is 5.92 Å². The molecule has 1 saturated carbocycles. The molecule has 0 radical (unpaired) electrons. The van der Waals surface area contributed by atoms with Gasteiger partial charge in [-0.05, 0) is 48.2 Å². The van der Waals surface area contributed by atoms with E-state index in [0.29, 0.717) is 18.9 Å². The fourth-order valence-corrected chi connectivity index (χ4v) is 3.11. The van der Waals surface area contributed by atoms with Crippen LogP contribution in [0.4, 0.5) is 5.69 Å². The molecule has 2 aromatic carbocycles. The van der Waals surface area contributed by atoms with Crippen molar-refractivity contribution in [2.75, 3.05) is 18.5 Å². The van der Waals surface area contributed by atoms with Crippen LogP contribution < -0.4 is 14.8 Å². The first kappa shape index (κ1) is 15.5. The SMILES string of the molecule is O=C(O)c1cccc(NC(=O)[C@H]2C[C@@H]2c2ccc3c(c2)OCCO3)c1. The third-order valence-corrected chi connectivity index (χ3v) is 4.50. The Morgan fingerprint density at radius 2 is 1.84 bits per heavy atom. The van der Waals surface area contributed by atoms with Crippen molar-refractivity contribution in [2.45, 2.75) is 12.3 Å². The minimum Gasteiger partial charge on any atom is -0.486 e. The molecular weight excluding hydrogens is 322 g/mol. The second-order valence-electron chi connectivity index (χ2n) is 6.23. The molecule has 128 valence electrons. The minimum atomic E-state index is -1.02. The van der Waals surface area contributed by atoms with Crippen LogP contribution in [0.25, 0.3) is 0 Å². The first-order valence-electron chi connectivity index (χ1n) is 8.15. The zero-order valence-electron chi connectivity index (χ0n) is 13.4. The van der Waals surface area contributed by atoms with Gasteiger partial charge >= 0.3 is 5.97 Å². The van der Waals surface area contributed by atoms with Crippen LogP contribution >= 0.6 is 0 Å². The van der Waals surface area contributed by atoms with Crippen molar-refractivity contribution >= 4 is 17.6 Å². The van der Waals surface area contributed by atoms with Crippen LogP contribution in [0.3, 0.4) is 0 Å². The highest BCUT2D eigenvalue weighted by Gasteiger charge is 2.44. The molecule has 1 fully saturated rings. The third kappa shape index (κ3) is 3.15. The lowest BCUT2D eigenvalue weighted by Crippen LogP contribution is -2.16. The van der Waals surface area contributed by atoms with Gasteiger partial charge in [0.1, 0.15) is 13.2 Å². The van der Waals surface area contributed by atoms with Crippen molar-refractivity contribution < 1.29 is 24.2 Å². The normalized spacial score (nSPS) is 20.6. The Balaban J connectivity index is 1.43. The largest absolute Gasteiger partial charge is 0.486 e. The fourth-order valence-electron chi connectivity index (χ4n) is 3.11. The predicted octanol–water partition coefficient (Wildman–Crippen LogP) is 2.90. The molecule has 4 rings (SSSR count). The molecule has 0 aromatic heterocycles. The van der Waals surface area contributed by atoms with E-state index in [4.69, 9.17) is 14.6 Å². The molecule has 1 aliphatic heterocycles. The highest BCUT2D eigenvalue weighted by Crippen LogP contribution is 2.49. The number of ether oxygens (including phenoxy) is 2. The van der Waals surface area contributed by atoms with Gasteiger partial charge in [0.15, 0.2) is 11.5 Å². The van der Waals surface area contributed by atoms with Gasteiger partial charge in [0.2, 0.25) is 5.91 Å². The fraction of sp³-hybridized carbons (Fsp3) is 0.263. The van der Waals surface area contributed by atoms with E-state index in [2.05, 4.69) is 5.32 Å². The van der Waals surface area contributed by atoms with Gasteiger partial charge in [-0.2, -0.15) is 0 Å². The summed E-state index contributed by atoms with van der Waals surface area (Å²) in [6, 6.07) is 12.0. The van der Waals surface area contributed by atoms with Crippen molar-refractivity contribution in [3.8, 4) is 11.5 Å². The number of carboxylic acid groups (broad SMARTS) is 1. The third-order valence-electron chi connectivity index (χ3n) is 4.50. The molecule has 0 saturated heterocycles. The highest BCUT2D eigenvalue weighted by atomic mass is 16.6. The van der Waals surface area contributed by atoms with E-state index in [1.165, 1.54) is 12.1 Å². The number of carbonyl (C=O) groups excluding carboxylic acids is 1. The summed E-state index contributed by atoms with van der Waals surface area (Å²) in [6.45, 7) is 1.08. The quantitative estimate of drug-likeness (QED) is 0.895. The molecule has 25 heavy (non-hydrogen) atoms. The number of aromatic carboxylic acids is 1. The van der Waals surface area contributed by atoms with Crippen molar-refractivity contribution in [1.82, 2.24) is 0 Å². The standard InChI is InChI=1S/C19H17NO5/c21-18(20-13-3-1-2-12(8-13)19(22)23)15-10-14(15)11-4-5-16-17(9-11)25-7-6-24-16/h1-5,8-9,14-15H,6-7,10H2,(H,20,21)(H,22,23)/t14-,15+/m1/s1. The van der Waals surface area contributed by atoms with Gasteiger partial charge in [0.25, 0.3) is 0 Å². The van der Waals surface area contributed by atoms with Crippen molar-refractivity contribution in [3.05, 3.63) is 53.6 Å². The number of hydrogen-bond acceptors (Lipinski definition) is 4. The van der Waals surface area contributed by atoms with Crippen molar-refractivity contribution in [3.63, 3.8) is 0 Å². The Hall–Kier alpha value is -3.02. The molecule has 1 amide bonds. The van der Waals surface area contributed by atoms with E-state index >= 15 is 0 Å². The summed E-state index contributed by atoms with van der Waals surface area (Å²) in [6.07, 6.45) is 0.768. The summed E-state index contributed by atoms with van der Waals surface area (Å²) in [5, 5.41) is 11.8. The summed E-state index contributed by atoms with van der Waals surface area (Å²) in [5.41, 5.74) is 1.71. The number of carboxylic acids is 1. The van der Waals surface area contributed by atoms with Gasteiger partial charge in [-0.25, -0.2) is 4.79 Å². The Kier molecular flexibility index (Phi) is 3.80. The number of carbonyl (C=O) groups is 2. The van der Waals surface area contributed by atoms with Crippen LogP contribution in [0.2, 0.25) is 0 Å². The zero-order valence-corrected chi connectivity index (χ0v) is 13.4. The maximum atomic E-state index is 12.4. The van der Waals surface area contributed by atoms with Crippen LogP contribution in [-0.4, -0.2) is 30.2 Å². The number of fused-ring (bicyclic) bond motifs is 1. The summed E-state index contributed by atoms with van der Waals surface area (Å²) in [4.78, 5) is 23.4. The van der Waals surface area contributed by atoms with E-state index in [9.17, 15) is 9.59 Å². The second-order valence-corrected chi connectivity index (χ2v) is 6.23. The van der Waals surface area contributed by atoms with E-state index in [-0.39, 0.29) is 23.3 Å². The Morgan fingerprint density at radius 3 is 2.64 bits per heavy atom. The van der Waals surface area contributed by atoms with E-state index < -0.39 is 5.97 Å². The maximum Gasteiger partial charge on any atom is 0.335 e. The van der Waals surface area contributed by atoms with Gasteiger partial charge in [-0.15, -0.1) is 0 Å². The summed E-state index contributed by atoms with van der Waals surface area (Å²) in [7, 11) is 0. The summed E-state index contributed by atoms with van der Waals surface area (Å²) >= 11 is 0. The average Bonchev–Trinajstić information content (AvgIpc) is 3.42. The molecule has 0 unspecified atom stereocenters. The number of benzene rings is 2. The first-order chi connectivity index (χ1) is 12.1. The molecular formula is C19H17NO5. The molecule has 6 nitrogen and oxygen atoms in total. The smallest absolute Gasteiger partial charge is 0.335 e. The van der Waals surface area contributed by atoms with E-state index in [1.807, 2.05) is 18.2 Å². The lowest BCUT2D eigenvalue weighted by Gasteiger charge is -2.18. The molecule has 1 heterocycles. The van der Waals surface area contributed by atoms with E-state index in [1.54, 1.807) is 12.1 Å². The molecule has 2 aromatic rings. The Bertz CT molecular complexity index is 847. The second kappa shape index (κ2) is 6.12.